The van der Waals surface area contributed by atoms with E-state index in [2.05, 4.69) is 4.90 Å². The number of methoxy groups -OCH3 is 2. The fourth-order valence-corrected chi connectivity index (χ4v) is 2.89. The lowest BCUT2D eigenvalue weighted by Crippen LogP contribution is -2.26. The maximum Gasteiger partial charge on any atom is 0.161 e. The van der Waals surface area contributed by atoms with E-state index in [0.717, 1.165) is 18.5 Å². The van der Waals surface area contributed by atoms with Crippen LogP contribution in [0.3, 0.4) is 0 Å². The van der Waals surface area contributed by atoms with Gasteiger partial charge in [0, 0.05) is 6.54 Å². The molecule has 1 aliphatic rings. The number of likely N-dealkylation sites (tertiary alicyclic amines) is 1. The van der Waals surface area contributed by atoms with Gasteiger partial charge in [-0.1, -0.05) is 18.9 Å². The number of ether oxygens (including phenoxy) is 2. The van der Waals surface area contributed by atoms with Crippen LogP contribution in [0.4, 0.5) is 0 Å². The Hall–Kier alpha value is -1.26. The molecular weight excluding hydrogens is 266 g/mol. The van der Waals surface area contributed by atoms with Crippen molar-refractivity contribution in [3.05, 3.63) is 23.8 Å². The molecule has 1 N–H and O–H groups in total. The SMILES string of the molecule is COc1ccc(C(O)CCN2CCCCCC2)cc1OC. The van der Waals surface area contributed by atoms with Gasteiger partial charge >= 0.3 is 0 Å². The van der Waals surface area contributed by atoms with Gasteiger partial charge in [0.05, 0.1) is 20.3 Å². The minimum Gasteiger partial charge on any atom is -0.493 e. The summed E-state index contributed by atoms with van der Waals surface area (Å²) in [5, 5.41) is 10.4. The van der Waals surface area contributed by atoms with E-state index in [9.17, 15) is 5.11 Å². The van der Waals surface area contributed by atoms with Gasteiger partial charge in [-0.3, -0.25) is 0 Å². The summed E-state index contributed by atoms with van der Waals surface area (Å²) in [6, 6.07) is 5.63. The summed E-state index contributed by atoms with van der Waals surface area (Å²) in [4.78, 5) is 2.47. The third-order valence-electron chi connectivity index (χ3n) is 4.21. The highest BCUT2D eigenvalue weighted by Crippen LogP contribution is 2.31. The zero-order valence-corrected chi connectivity index (χ0v) is 13.2. The quantitative estimate of drug-likeness (QED) is 0.875. The number of aliphatic hydroxyl groups excluding tert-OH is 1. The molecule has 1 atom stereocenters. The highest BCUT2D eigenvalue weighted by molar-refractivity contribution is 5.43. The van der Waals surface area contributed by atoms with Crippen molar-refractivity contribution in [1.29, 1.82) is 0 Å². The van der Waals surface area contributed by atoms with Gasteiger partial charge in [-0.25, -0.2) is 0 Å². The molecule has 21 heavy (non-hydrogen) atoms. The van der Waals surface area contributed by atoms with E-state index in [1.807, 2.05) is 18.2 Å². The smallest absolute Gasteiger partial charge is 0.161 e. The Morgan fingerprint density at radius 1 is 1.05 bits per heavy atom. The summed E-state index contributed by atoms with van der Waals surface area (Å²) in [6.07, 6.45) is 5.56. The van der Waals surface area contributed by atoms with E-state index in [-0.39, 0.29) is 0 Å². The fourth-order valence-electron chi connectivity index (χ4n) is 2.89. The molecule has 1 fully saturated rings. The van der Waals surface area contributed by atoms with Crippen molar-refractivity contribution < 1.29 is 14.6 Å². The molecule has 1 aliphatic heterocycles. The molecule has 0 aliphatic carbocycles. The molecule has 0 radical (unpaired) electrons. The number of nitrogens with zero attached hydrogens (tertiary/aromatic N) is 1. The topological polar surface area (TPSA) is 41.9 Å². The molecule has 1 saturated heterocycles. The van der Waals surface area contributed by atoms with E-state index in [0.29, 0.717) is 11.5 Å². The van der Waals surface area contributed by atoms with Crippen molar-refractivity contribution >= 4 is 0 Å². The van der Waals surface area contributed by atoms with Gasteiger partial charge in [-0.2, -0.15) is 0 Å². The van der Waals surface area contributed by atoms with Gasteiger partial charge in [0.1, 0.15) is 0 Å². The van der Waals surface area contributed by atoms with Gasteiger partial charge in [-0.05, 0) is 50.0 Å². The summed E-state index contributed by atoms with van der Waals surface area (Å²) in [5.41, 5.74) is 0.891. The van der Waals surface area contributed by atoms with Crippen molar-refractivity contribution in [3.8, 4) is 11.5 Å². The van der Waals surface area contributed by atoms with Crippen LogP contribution in [0.25, 0.3) is 0 Å². The summed E-state index contributed by atoms with van der Waals surface area (Å²) in [6.45, 7) is 3.28. The Morgan fingerprint density at radius 2 is 1.71 bits per heavy atom. The Balaban J connectivity index is 1.91. The van der Waals surface area contributed by atoms with E-state index >= 15 is 0 Å². The van der Waals surface area contributed by atoms with E-state index in [1.54, 1.807) is 14.2 Å². The second-order valence-corrected chi connectivity index (χ2v) is 5.67. The van der Waals surface area contributed by atoms with Crippen LogP contribution in [-0.4, -0.2) is 43.9 Å². The molecule has 0 spiro atoms. The maximum atomic E-state index is 10.4. The number of benzene rings is 1. The van der Waals surface area contributed by atoms with Crippen LogP contribution in [0.2, 0.25) is 0 Å². The van der Waals surface area contributed by atoms with Crippen molar-refractivity contribution in [2.75, 3.05) is 33.9 Å². The van der Waals surface area contributed by atoms with Crippen LogP contribution in [0.15, 0.2) is 18.2 Å². The molecule has 0 amide bonds. The van der Waals surface area contributed by atoms with Gasteiger partial charge in [0.25, 0.3) is 0 Å². The molecule has 0 aromatic heterocycles. The predicted octanol–water partition coefficient (Wildman–Crippen LogP) is 3.00. The molecule has 2 rings (SSSR count). The summed E-state index contributed by atoms with van der Waals surface area (Å²) < 4.78 is 10.5. The third kappa shape index (κ3) is 4.61. The first kappa shape index (κ1) is 16.1. The first-order chi connectivity index (χ1) is 10.2. The molecule has 0 bridgehead atoms. The average molecular weight is 293 g/mol. The number of aliphatic hydroxyl groups is 1. The molecule has 1 aromatic carbocycles. The van der Waals surface area contributed by atoms with Crippen LogP contribution in [-0.2, 0) is 0 Å². The fraction of sp³-hybridized carbons (Fsp3) is 0.647. The highest BCUT2D eigenvalue weighted by Gasteiger charge is 2.14. The number of rotatable bonds is 6. The first-order valence-corrected chi connectivity index (χ1v) is 7.87. The largest absolute Gasteiger partial charge is 0.493 e. The van der Waals surface area contributed by atoms with Crippen molar-refractivity contribution in [2.45, 2.75) is 38.2 Å². The normalized spacial score (nSPS) is 18.0. The zero-order chi connectivity index (χ0) is 15.1. The molecular formula is C17H27NO3. The number of hydrogen-bond donors (Lipinski definition) is 1. The molecule has 1 aromatic rings. The Bertz CT molecular complexity index is 428. The van der Waals surface area contributed by atoms with Crippen molar-refractivity contribution in [1.82, 2.24) is 4.90 Å². The third-order valence-corrected chi connectivity index (χ3v) is 4.21. The Labute approximate surface area is 127 Å². The van der Waals surface area contributed by atoms with Crippen LogP contribution in [0.5, 0.6) is 11.5 Å². The molecule has 118 valence electrons. The lowest BCUT2D eigenvalue weighted by atomic mass is 10.1. The molecule has 0 saturated carbocycles. The predicted molar refractivity (Wildman–Crippen MR) is 84.0 cm³/mol. The average Bonchev–Trinajstić information content (AvgIpc) is 2.80. The van der Waals surface area contributed by atoms with Gasteiger partial charge in [-0.15, -0.1) is 0 Å². The number of hydrogen-bond acceptors (Lipinski definition) is 4. The van der Waals surface area contributed by atoms with Gasteiger partial charge in [0.2, 0.25) is 0 Å². The minimum atomic E-state index is -0.451. The second-order valence-electron chi connectivity index (χ2n) is 5.67. The van der Waals surface area contributed by atoms with E-state index in [1.165, 1.54) is 38.8 Å². The Morgan fingerprint density at radius 3 is 2.33 bits per heavy atom. The molecule has 1 heterocycles. The molecule has 1 unspecified atom stereocenters. The maximum absolute atomic E-state index is 10.4. The van der Waals surface area contributed by atoms with Crippen LogP contribution < -0.4 is 9.47 Å². The van der Waals surface area contributed by atoms with Crippen molar-refractivity contribution in [2.24, 2.45) is 0 Å². The van der Waals surface area contributed by atoms with E-state index < -0.39 is 6.10 Å². The lowest BCUT2D eigenvalue weighted by molar-refractivity contribution is 0.142. The lowest BCUT2D eigenvalue weighted by Gasteiger charge is -2.22. The van der Waals surface area contributed by atoms with Gasteiger partial charge < -0.3 is 19.5 Å². The Kier molecular flexibility index (Phi) is 6.33. The minimum absolute atomic E-state index is 0.451. The van der Waals surface area contributed by atoms with E-state index in [4.69, 9.17) is 9.47 Å². The van der Waals surface area contributed by atoms with Crippen LogP contribution in [0.1, 0.15) is 43.8 Å². The molecule has 4 heteroatoms. The monoisotopic (exact) mass is 293 g/mol. The van der Waals surface area contributed by atoms with Crippen LogP contribution >= 0.6 is 0 Å². The standard InChI is InChI=1S/C17H27NO3/c1-20-16-8-7-14(13-17(16)21-2)15(19)9-12-18-10-5-3-4-6-11-18/h7-8,13,15,19H,3-6,9-12H2,1-2H3. The van der Waals surface area contributed by atoms with Crippen molar-refractivity contribution in [3.63, 3.8) is 0 Å². The zero-order valence-electron chi connectivity index (χ0n) is 13.2. The summed E-state index contributed by atoms with van der Waals surface area (Å²) in [7, 11) is 3.23. The van der Waals surface area contributed by atoms with Crippen LogP contribution in [0, 0.1) is 0 Å². The summed E-state index contributed by atoms with van der Waals surface area (Å²) in [5.74, 6) is 1.37. The molecule has 4 nitrogen and oxygen atoms in total. The first-order valence-electron chi connectivity index (χ1n) is 7.87. The summed E-state index contributed by atoms with van der Waals surface area (Å²) >= 11 is 0. The highest BCUT2D eigenvalue weighted by atomic mass is 16.5. The second kappa shape index (κ2) is 8.25. The van der Waals surface area contributed by atoms with Gasteiger partial charge in [0.15, 0.2) is 11.5 Å².